The van der Waals surface area contributed by atoms with Gasteiger partial charge in [0.1, 0.15) is 18.5 Å². The summed E-state index contributed by atoms with van der Waals surface area (Å²) in [4.78, 5) is 0. The fourth-order valence-electron chi connectivity index (χ4n) is 0.930. The molecular weight excluding hydrogens is 195 g/mol. The molecule has 1 N–H and O–H groups in total. The van der Waals surface area contributed by atoms with Crippen molar-refractivity contribution < 1.29 is 18.3 Å². The van der Waals surface area contributed by atoms with Gasteiger partial charge in [0.05, 0.1) is 5.56 Å². The van der Waals surface area contributed by atoms with Crippen LogP contribution in [0.5, 0.6) is 0 Å². The minimum absolute atomic E-state index is 0.462. The van der Waals surface area contributed by atoms with E-state index < -0.39 is 29.5 Å². The van der Waals surface area contributed by atoms with Crippen LogP contribution in [0, 0.1) is 17.1 Å². The molecule has 1 rings (SSSR count). The lowest BCUT2D eigenvalue weighted by Gasteiger charge is -2.13. The Balaban J connectivity index is 3.21. The molecule has 0 aromatic heterocycles. The van der Waals surface area contributed by atoms with E-state index in [0.29, 0.717) is 0 Å². The number of nitrogens with zero attached hydrogens (tertiary/aromatic N) is 1. The molecular formula is C9H6F3NO. The van der Waals surface area contributed by atoms with Gasteiger partial charge in [0, 0.05) is 5.56 Å². The van der Waals surface area contributed by atoms with Gasteiger partial charge in [0.25, 0.3) is 5.92 Å². The molecule has 0 spiro atoms. The first-order chi connectivity index (χ1) is 6.51. The highest BCUT2D eigenvalue weighted by Crippen LogP contribution is 2.28. The van der Waals surface area contributed by atoms with Gasteiger partial charge in [-0.3, -0.25) is 0 Å². The van der Waals surface area contributed by atoms with Crippen LogP contribution in [0.4, 0.5) is 13.2 Å². The van der Waals surface area contributed by atoms with E-state index in [2.05, 4.69) is 0 Å². The monoisotopic (exact) mass is 201 g/mol. The lowest BCUT2D eigenvalue weighted by atomic mass is 10.1. The summed E-state index contributed by atoms with van der Waals surface area (Å²) >= 11 is 0. The largest absolute Gasteiger partial charge is 0.390 e. The molecule has 0 radical (unpaired) electrons. The van der Waals surface area contributed by atoms with Crippen molar-refractivity contribution in [2.75, 3.05) is 6.61 Å². The van der Waals surface area contributed by atoms with E-state index >= 15 is 0 Å². The number of aliphatic hydroxyl groups excluding tert-OH is 1. The van der Waals surface area contributed by atoms with E-state index in [1.807, 2.05) is 0 Å². The molecule has 0 saturated heterocycles. The van der Waals surface area contributed by atoms with E-state index in [4.69, 9.17) is 10.4 Å². The number of rotatable bonds is 2. The maximum absolute atomic E-state index is 12.9. The highest BCUT2D eigenvalue weighted by molar-refractivity contribution is 5.36. The summed E-state index contributed by atoms with van der Waals surface area (Å²) in [7, 11) is 0. The molecule has 1 aromatic carbocycles. The van der Waals surface area contributed by atoms with Crippen LogP contribution >= 0.6 is 0 Å². The molecule has 14 heavy (non-hydrogen) atoms. The van der Waals surface area contributed by atoms with Crippen LogP contribution in [-0.2, 0) is 5.92 Å². The van der Waals surface area contributed by atoms with Crippen LogP contribution in [0.25, 0.3) is 0 Å². The van der Waals surface area contributed by atoms with Crippen molar-refractivity contribution in [2.24, 2.45) is 0 Å². The van der Waals surface area contributed by atoms with Gasteiger partial charge in [-0.25, -0.2) is 4.39 Å². The molecule has 0 heterocycles. The first-order valence-corrected chi connectivity index (χ1v) is 3.70. The maximum atomic E-state index is 12.9. The highest BCUT2D eigenvalue weighted by atomic mass is 19.3. The van der Waals surface area contributed by atoms with Gasteiger partial charge >= 0.3 is 0 Å². The summed E-state index contributed by atoms with van der Waals surface area (Å²) in [5.41, 5.74) is -1.03. The Morgan fingerprint density at radius 2 is 2.07 bits per heavy atom. The van der Waals surface area contributed by atoms with Gasteiger partial charge in [0.2, 0.25) is 0 Å². The number of alkyl halides is 2. The number of hydrogen-bond acceptors (Lipinski definition) is 2. The standard InChI is InChI=1S/C9H6F3NO/c10-8-2-1-7(3-6(8)4-13)9(11,12)5-14/h1-3,14H,5H2. The smallest absolute Gasteiger partial charge is 0.295 e. The van der Waals surface area contributed by atoms with E-state index in [9.17, 15) is 13.2 Å². The number of benzene rings is 1. The Hall–Kier alpha value is -1.54. The predicted molar refractivity (Wildman–Crippen MR) is 42.1 cm³/mol. The quantitative estimate of drug-likeness (QED) is 0.792. The second-order valence-electron chi connectivity index (χ2n) is 2.67. The van der Waals surface area contributed by atoms with Crippen LogP contribution in [-0.4, -0.2) is 11.7 Å². The molecule has 0 saturated carbocycles. The second kappa shape index (κ2) is 3.68. The molecule has 74 valence electrons. The number of halogens is 3. The topological polar surface area (TPSA) is 44.0 Å². The summed E-state index contributed by atoms with van der Waals surface area (Å²) in [6.45, 7) is -1.37. The third-order valence-electron chi connectivity index (χ3n) is 1.71. The Labute approximate surface area is 78.2 Å². The minimum atomic E-state index is -3.45. The zero-order valence-electron chi connectivity index (χ0n) is 6.97. The molecule has 5 heteroatoms. The van der Waals surface area contributed by atoms with E-state index in [1.54, 1.807) is 0 Å². The minimum Gasteiger partial charge on any atom is -0.390 e. The lowest BCUT2D eigenvalue weighted by Crippen LogP contribution is -2.18. The van der Waals surface area contributed by atoms with Crippen molar-refractivity contribution in [3.05, 3.63) is 35.1 Å². The molecule has 0 amide bonds. The molecule has 2 nitrogen and oxygen atoms in total. The maximum Gasteiger partial charge on any atom is 0.295 e. The molecule has 0 atom stereocenters. The average Bonchev–Trinajstić information content (AvgIpc) is 2.18. The van der Waals surface area contributed by atoms with E-state index in [1.165, 1.54) is 6.07 Å². The fraction of sp³-hybridized carbons (Fsp3) is 0.222. The molecule has 0 unspecified atom stereocenters. The summed E-state index contributed by atoms with van der Waals surface area (Å²) in [5.74, 6) is -4.30. The van der Waals surface area contributed by atoms with E-state index in [-0.39, 0.29) is 0 Å². The summed E-state index contributed by atoms with van der Waals surface area (Å²) in [6.07, 6.45) is 0. The third-order valence-corrected chi connectivity index (χ3v) is 1.71. The predicted octanol–water partition coefficient (Wildman–Crippen LogP) is 1.78. The van der Waals surface area contributed by atoms with E-state index in [0.717, 1.165) is 18.2 Å². The molecule has 0 aliphatic rings. The van der Waals surface area contributed by atoms with Crippen LogP contribution < -0.4 is 0 Å². The van der Waals surface area contributed by atoms with Crippen molar-refractivity contribution in [2.45, 2.75) is 5.92 Å². The zero-order chi connectivity index (χ0) is 10.8. The van der Waals surface area contributed by atoms with Crippen LogP contribution in [0.15, 0.2) is 18.2 Å². The zero-order valence-corrected chi connectivity index (χ0v) is 6.97. The summed E-state index contributed by atoms with van der Waals surface area (Å²) < 4.78 is 38.4. The van der Waals surface area contributed by atoms with Crippen molar-refractivity contribution in [1.82, 2.24) is 0 Å². The van der Waals surface area contributed by atoms with Crippen LogP contribution in [0.1, 0.15) is 11.1 Å². The Kier molecular flexibility index (Phi) is 2.77. The average molecular weight is 201 g/mol. The number of aliphatic hydroxyl groups is 1. The fourth-order valence-corrected chi connectivity index (χ4v) is 0.930. The Morgan fingerprint density at radius 3 is 2.57 bits per heavy atom. The van der Waals surface area contributed by atoms with Gasteiger partial charge in [-0.15, -0.1) is 0 Å². The first-order valence-electron chi connectivity index (χ1n) is 3.70. The van der Waals surface area contributed by atoms with Crippen LogP contribution in [0.3, 0.4) is 0 Å². The number of hydrogen-bond donors (Lipinski definition) is 1. The van der Waals surface area contributed by atoms with Crippen molar-refractivity contribution in [1.29, 1.82) is 5.26 Å². The Morgan fingerprint density at radius 1 is 1.43 bits per heavy atom. The molecule has 0 aliphatic carbocycles. The first kappa shape index (κ1) is 10.5. The number of nitriles is 1. The van der Waals surface area contributed by atoms with Gasteiger partial charge < -0.3 is 5.11 Å². The van der Waals surface area contributed by atoms with Gasteiger partial charge in [-0.2, -0.15) is 14.0 Å². The highest BCUT2D eigenvalue weighted by Gasteiger charge is 2.31. The normalized spacial score (nSPS) is 11.1. The summed E-state index contributed by atoms with van der Waals surface area (Å²) in [5, 5.41) is 16.7. The van der Waals surface area contributed by atoms with Crippen molar-refractivity contribution in [3.63, 3.8) is 0 Å². The molecule has 0 fully saturated rings. The second-order valence-corrected chi connectivity index (χ2v) is 2.67. The molecule has 0 bridgehead atoms. The van der Waals surface area contributed by atoms with Crippen LogP contribution in [0.2, 0.25) is 0 Å². The molecule has 1 aromatic rings. The summed E-state index contributed by atoms with van der Waals surface area (Å²) in [6, 6.07) is 3.78. The van der Waals surface area contributed by atoms with Gasteiger partial charge in [0.15, 0.2) is 0 Å². The SMILES string of the molecule is N#Cc1cc(C(F)(F)CO)ccc1F. The van der Waals surface area contributed by atoms with Crippen molar-refractivity contribution >= 4 is 0 Å². The Bertz CT molecular complexity index is 384. The molecule has 0 aliphatic heterocycles. The van der Waals surface area contributed by atoms with Crippen molar-refractivity contribution in [3.8, 4) is 6.07 Å². The van der Waals surface area contributed by atoms with Gasteiger partial charge in [-0.1, -0.05) is 0 Å². The third kappa shape index (κ3) is 1.86. The van der Waals surface area contributed by atoms with Gasteiger partial charge in [-0.05, 0) is 18.2 Å². The lowest BCUT2D eigenvalue weighted by molar-refractivity contribution is -0.0556.